The van der Waals surface area contributed by atoms with Crippen LogP contribution in [0.2, 0.25) is 0 Å². The zero-order chi connectivity index (χ0) is 8.36. The molecule has 1 heteroatoms. The Kier molecular flexibility index (Phi) is 9.83. The second kappa shape index (κ2) is 9.91. The molecular formula is C10H18S. The molecular weight excluding hydrogens is 152 g/mol. The van der Waals surface area contributed by atoms with Crippen LogP contribution >= 0.6 is 11.8 Å². The molecule has 0 fully saturated rings. The maximum Gasteiger partial charge on any atom is 0.00863 e. The summed E-state index contributed by atoms with van der Waals surface area (Å²) in [6.45, 7) is 2.24. The van der Waals surface area contributed by atoms with E-state index in [1.807, 2.05) is 0 Å². The number of unbranched alkanes of at least 4 members (excludes halogenated alkanes) is 3. The maximum absolute atomic E-state index is 5.13. The van der Waals surface area contributed by atoms with Gasteiger partial charge in [-0.05, 0) is 30.8 Å². The lowest BCUT2D eigenvalue weighted by atomic mass is 10.3. The molecule has 0 bridgehead atoms. The molecule has 0 aliphatic rings. The van der Waals surface area contributed by atoms with Crippen molar-refractivity contribution in [2.45, 2.75) is 39.0 Å². The first-order valence-corrected chi connectivity index (χ1v) is 5.58. The molecule has 11 heavy (non-hydrogen) atoms. The fraction of sp³-hybridized carbons (Fsp3) is 0.800. The van der Waals surface area contributed by atoms with Crippen molar-refractivity contribution in [3.05, 3.63) is 0 Å². The van der Waals surface area contributed by atoms with Gasteiger partial charge in [-0.1, -0.05) is 13.3 Å². The number of thioether (sulfide) groups is 1. The molecule has 0 aromatic heterocycles. The Labute approximate surface area is 75.1 Å². The van der Waals surface area contributed by atoms with E-state index in [2.05, 4.69) is 24.6 Å². The Balaban J connectivity index is 2.75. The molecule has 0 saturated carbocycles. The highest BCUT2D eigenvalue weighted by molar-refractivity contribution is 7.99. The van der Waals surface area contributed by atoms with E-state index in [0.29, 0.717) is 0 Å². The van der Waals surface area contributed by atoms with E-state index in [9.17, 15) is 0 Å². The minimum absolute atomic E-state index is 0.953. The van der Waals surface area contributed by atoms with E-state index >= 15 is 0 Å². The third kappa shape index (κ3) is 9.91. The quantitative estimate of drug-likeness (QED) is 0.417. The lowest BCUT2D eigenvalue weighted by Gasteiger charge is -1.97. The summed E-state index contributed by atoms with van der Waals surface area (Å²) in [5.41, 5.74) is 0. The van der Waals surface area contributed by atoms with Crippen LogP contribution in [0.5, 0.6) is 0 Å². The fourth-order valence-electron chi connectivity index (χ4n) is 0.780. The highest BCUT2D eigenvalue weighted by Gasteiger charge is 1.88. The minimum atomic E-state index is 0.953. The van der Waals surface area contributed by atoms with Crippen molar-refractivity contribution in [2.75, 3.05) is 11.5 Å². The highest BCUT2D eigenvalue weighted by Crippen LogP contribution is 2.08. The van der Waals surface area contributed by atoms with Gasteiger partial charge in [0.2, 0.25) is 0 Å². The molecule has 0 spiro atoms. The molecule has 0 unspecified atom stereocenters. The lowest BCUT2D eigenvalue weighted by Crippen LogP contribution is -1.83. The highest BCUT2D eigenvalue weighted by atomic mass is 32.2. The Morgan fingerprint density at radius 1 is 1.18 bits per heavy atom. The molecule has 0 aromatic rings. The van der Waals surface area contributed by atoms with Gasteiger partial charge in [-0.15, -0.1) is 12.3 Å². The molecule has 0 saturated heterocycles. The molecule has 0 N–H and O–H groups in total. The Morgan fingerprint density at radius 2 is 1.91 bits per heavy atom. The van der Waals surface area contributed by atoms with Crippen LogP contribution < -0.4 is 0 Å². The predicted molar refractivity (Wildman–Crippen MR) is 54.9 cm³/mol. The van der Waals surface area contributed by atoms with E-state index in [0.717, 1.165) is 6.42 Å². The Morgan fingerprint density at radius 3 is 2.55 bits per heavy atom. The van der Waals surface area contributed by atoms with Crippen LogP contribution in [0, 0.1) is 12.3 Å². The van der Waals surface area contributed by atoms with Crippen molar-refractivity contribution in [3.63, 3.8) is 0 Å². The average Bonchev–Trinajstić information content (AvgIpc) is 2.03. The summed E-state index contributed by atoms with van der Waals surface area (Å²) in [7, 11) is 0. The summed E-state index contributed by atoms with van der Waals surface area (Å²) in [5.74, 6) is 5.28. The van der Waals surface area contributed by atoms with Crippen molar-refractivity contribution >= 4 is 11.8 Å². The van der Waals surface area contributed by atoms with Crippen molar-refractivity contribution in [1.82, 2.24) is 0 Å². The van der Waals surface area contributed by atoms with Gasteiger partial charge in [0.1, 0.15) is 0 Å². The van der Waals surface area contributed by atoms with Gasteiger partial charge in [0.05, 0.1) is 0 Å². The first-order chi connectivity index (χ1) is 5.41. The smallest absolute Gasteiger partial charge is 0.00863 e. The first kappa shape index (κ1) is 10.9. The summed E-state index contributed by atoms with van der Waals surface area (Å²) in [4.78, 5) is 0. The SMILES string of the molecule is C#CCCCCSCCCC. The van der Waals surface area contributed by atoms with E-state index < -0.39 is 0 Å². The van der Waals surface area contributed by atoms with Gasteiger partial charge in [-0.3, -0.25) is 0 Å². The molecule has 0 atom stereocenters. The van der Waals surface area contributed by atoms with Crippen LogP contribution in [0.3, 0.4) is 0 Å². The summed E-state index contributed by atoms with van der Waals surface area (Å²) in [6.07, 6.45) is 11.3. The van der Waals surface area contributed by atoms with Gasteiger partial charge in [-0.25, -0.2) is 0 Å². The largest absolute Gasteiger partial charge is 0.162 e. The Bertz CT molecular complexity index is 102. The topological polar surface area (TPSA) is 0 Å². The number of hydrogen-bond acceptors (Lipinski definition) is 1. The maximum atomic E-state index is 5.13. The van der Waals surface area contributed by atoms with Gasteiger partial charge in [0, 0.05) is 6.42 Å². The Hall–Kier alpha value is -0.0900. The summed E-state index contributed by atoms with van der Waals surface area (Å²) < 4.78 is 0. The van der Waals surface area contributed by atoms with Crippen LogP contribution in [0.4, 0.5) is 0 Å². The van der Waals surface area contributed by atoms with Crippen molar-refractivity contribution in [3.8, 4) is 12.3 Å². The third-order valence-corrected chi connectivity index (χ3v) is 2.66. The van der Waals surface area contributed by atoms with Crippen molar-refractivity contribution < 1.29 is 0 Å². The van der Waals surface area contributed by atoms with E-state index in [-0.39, 0.29) is 0 Å². The number of hydrogen-bond donors (Lipinski definition) is 0. The second-order valence-electron chi connectivity index (χ2n) is 2.63. The molecule has 0 amide bonds. The van der Waals surface area contributed by atoms with Gasteiger partial charge in [0.25, 0.3) is 0 Å². The van der Waals surface area contributed by atoms with Crippen molar-refractivity contribution in [1.29, 1.82) is 0 Å². The van der Waals surface area contributed by atoms with Crippen LogP contribution in [0.25, 0.3) is 0 Å². The minimum Gasteiger partial charge on any atom is -0.162 e. The molecule has 0 aliphatic carbocycles. The van der Waals surface area contributed by atoms with Crippen LogP contribution in [0.1, 0.15) is 39.0 Å². The predicted octanol–water partition coefficient (Wildman–Crippen LogP) is 3.32. The zero-order valence-electron chi connectivity index (χ0n) is 7.44. The van der Waals surface area contributed by atoms with Gasteiger partial charge < -0.3 is 0 Å². The lowest BCUT2D eigenvalue weighted by molar-refractivity contribution is 0.834. The van der Waals surface area contributed by atoms with Crippen molar-refractivity contribution in [2.24, 2.45) is 0 Å². The van der Waals surface area contributed by atoms with E-state index in [1.54, 1.807) is 0 Å². The average molecular weight is 170 g/mol. The second-order valence-corrected chi connectivity index (χ2v) is 3.85. The molecule has 0 heterocycles. The molecule has 0 rings (SSSR count). The van der Waals surface area contributed by atoms with Gasteiger partial charge in [-0.2, -0.15) is 11.8 Å². The van der Waals surface area contributed by atoms with E-state index in [4.69, 9.17) is 6.42 Å². The first-order valence-electron chi connectivity index (χ1n) is 4.43. The molecule has 0 aromatic carbocycles. The fourth-order valence-corrected chi connectivity index (χ4v) is 1.88. The third-order valence-electron chi connectivity index (χ3n) is 1.50. The van der Waals surface area contributed by atoms with Crippen LogP contribution in [-0.2, 0) is 0 Å². The molecule has 64 valence electrons. The number of terminal acetylenes is 1. The molecule has 0 radical (unpaired) electrons. The van der Waals surface area contributed by atoms with Gasteiger partial charge in [0.15, 0.2) is 0 Å². The summed E-state index contributed by atoms with van der Waals surface area (Å²) in [5, 5.41) is 0. The molecule has 0 aliphatic heterocycles. The standard InChI is InChI=1S/C10H18S/c1-3-5-7-8-10-11-9-6-4-2/h1H,4-10H2,2H3. The number of rotatable bonds is 7. The van der Waals surface area contributed by atoms with E-state index in [1.165, 1.54) is 37.2 Å². The van der Waals surface area contributed by atoms with Gasteiger partial charge >= 0.3 is 0 Å². The normalized spacial score (nSPS) is 9.45. The zero-order valence-corrected chi connectivity index (χ0v) is 8.25. The summed E-state index contributed by atoms with van der Waals surface area (Å²) >= 11 is 2.06. The molecule has 0 nitrogen and oxygen atoms in total. The van der Waals surface area contributed by atoms with Crippen LogP contribution in [0.15, 0.2) is 0 Å². The monoisotopic (exact) mass is 170 g/mol. The van der Waals surface area contributed by atoms with Crippen LogP contribution in [-0.4, -0.2) is 11.5 Å². The summed E-state index contributed by atoms with van der Waals surface area (Å²) in [6, 6.07) is 0.